The highest BCUT2D eigenvalue weighted by Gasteiger charge is 2.24. The van der Waals surface area contributed by atoms with Gasteiger partial charge in [-0.05, 0) is 37.0 Å². The predicted molar refractivity (Wildman–Crippen MR) is 97.1 cm³/mol. The molecule has 2 aliphatic rings. The van der Waals surface area contributed by atoms with E-state index in [4.69, 9.17) is 5.73 Å². The molecule has 1 aromatic rings. The number of rotatable bonds is 4. The molecule has 2 heterocycles. The number of nitrogens with two attached hydrogens (primary N) is 1. The first-order valence-electron chi connectivity index (χ1n) is 9.26. The molecule has 25 heavy (non-hydrogen) atoms. The highest BCUT2D eigenvalue weighted by Crippen LogP contribution is 2.12. The Hall–Kier alpha value is -1.92. The lowest BCUT2D eigenvalue weighted by Crippen LogP contribution is -2.41. The molecule has 0 saturated carbocycles. The Morgan fingerprint density at radius 2 is 1.52 bits per heavy atom. The summed E-state index contributed by atoms with van der Waals surface area (Å²) in [6.45, 7) is 5.80. The summed E-state index contributed by atoms with van der Waals surface area (Å²) in [5.41, 5.74) is 7.34. The van der Waals surface area contributed by atoms with Crippen molar-refractivity contribution in [2.45, 2.75) is 25.8 Å². The number of nitrogens with zero attached hydrogens (tertiary/aromatic N) is 3. The van der Waals surface area contributed by atoms with Gasteiger partial charge in [0, 0.05) is 51.4 Å². The maximum Gasteiger partial charge on any atom is 0.253 e. The average Bonchev–Trinajstić information content (AvgIpc) is 3.09. The molecule has 6 nitrogen and oxygen atoms in total. The first-order chi connectivity index (χ1) is 12.2. The average molecular weight is 344 g/mol. The molecule has 0 unspecified atom stereocenters. The van der Waals surface area contributed by atoms with Gasteiger partial charge in [0.1, 0.15) is 0 Å². The van der Waals surface area contributed by atoms with Gasteiger partial charge in [-0.15, -0.1) is 0 Å². The molecule has 0 aliphatic carbocycles. The first kappa shape index (κ1) is 17.9. The molecule has 0 aromatic heterocycles. The lowest BCUT2D eigenvalue weighted by molar-refractivity contribution is -0.131. The summed E-state index contributed by atoms with van der Waals surface area (Å²) in [5, 5.41) is 0. The summed E-state index contributed by atoms with van der Waals surface area (Å²) in [6, 6.07) is 7.52. The van der Waals surface area contributed by atoms with E-state index in [1.54, 1.807) is 0 Å². The van der Waals surface area contributed by atoms with E-state index in [1.807, 2.05) is 34.1 Å². The Balaban J connectivity index is 1.53. The standard InChI is InChI=1S/C19H28N4O2/c20-14-16-4-6-17(7-5-16)19(25)23-11-3-8-21(12-13-23)15-18(24)22-9-1-2-10-22/h4-7H,1-3,8-15,20H2. The molecule has 0 atom stereocenters. The number of likely N-dealkylation sites (tertiary alicyclic amines) is 1. The predicted octanol–water partition coefficient (Wildman–Crippen LogP) is 0.916. The zero-order chi connectivity index (χ0) is 17.6. The van der Waals surface area contributed by atoms with Gasteiger partial charge < -0.3 is 15.5 Å². The summed E-state index contributed by atoms with van der Waals surface area (Å²) in [5.74, 6) is 0.297. The third-order valence-corrected chi connectivity index (χ3v) is 5.13. The van der Waals surface area contributed by atoms with E-state index in [2.05, 4.69) is 4.90 Å². The summed E-state index contributed by atoms with van der Waals surface area (Å²) in [6.07, 6.45) is 3.15. The molecule has 2 aliphatic heterocycles. The maximum absolute atomic E-state index is 12.7. The number of carbonyl (C=O) groups is 2. The molecular weight excluding hydrogens is 316 g/mol. The van der Waals surface area contributed by atoms with Crippen LogP contribution in [0.1, 0.15) is 35.2 Å². The van der Waals surface area contributed by atoms with Crippen molar-refractivity contribution in [1.82, 2.24) is 14.7 Å². The third-order valence-electron chi connectivity index (χ3n) is 5.13. The van der Waals surface area contributed by atoms with Crippen LogP contribution >= 0.6 is 0 Å². The first-order valence-corrected chi connectivity index (χ1v) is 9.26. The van der Waals surface area contributed by atoms with Crippen LogP contribution in [-0.4, -0.2) is 72.3 Å². The topological polar surface area (TPSA) is 69.9 Å². The summed E-state index contributed by atoms with van der Waals surface area (Å²) < 4.78 is 0. The lowest BCUT2D eigenvalue weighted by Gasteiger charge is -2.24. The molecule has 1 aromatic carbocycles. The minimum atomic E-state index is 0.0660. The highest BCUT2D eigenvalue weighted by molar-refractivity contribution is 5.94. The summed E-state index contributed by atoms with van der Waals surface area (Å²) in [4.78, 5) is 31.1. The highest BCUT2D eigenvalue weighted by atomic mass is 16.2. The normalized spacial score (nSPS) is 19.1. The fourth-order valence-electron chi connectivity index (χ4n) is 3.56. The second-order valence-corrected chi connectivity index (χ2v) is 6.91. The second kappa shape index (κ2) is 8.45. The molecule has 3 rings (SSSR count). The van der Waals surface area contributed by atoms with E-state index in [-0.39, 0.29) is 11.8 Å². The summed E-state index contributed by atoms with van der Waals surface area (Å²) >= 11 is 0. The summed E-state index contributed by atoms with van der Waals surface area (Å²) in [7, 11) is 0. The van der Waals surface area contributed by atoms with Crippen LogP contribution in [0.3, 0.4) is 0 Å². The van der Waals surface area contributed by atoms with Crippen molar-refractivity contribution in [1.29, 1.82) is 0 Å². The van der Waals surface area contributed by atoms with Gasteiger partial charge in [0.05, 0.1) is 6.54 Å². The molecule has 2 fully saturated rings. The van der Waals surface area contributed by atoms with E-state index in [9.17, 15) is 9.59 Å². The van der Waals surface area contributed by atoms with E-state index in [1.165, 1.54) is 0 Å². The van der Waals surface area contributed by atoms with Crippen LogP contribution in [0.15, 0.2) is 24.3 Å². The van der Waals surface area contributed by atoms with Crippen molar-refractivity contribution in [2.75, 3.05) is 45.8 Å². The molecule has 2 N–H and O–H groups in total. The molecule has 136 valence electrons. The van der Waals surface area contributed by atoms with Gasteiger partial charge in [-0.2, -0.15) is 0 Å². The number of carbonyl (C=O) groups excluding carboxylic acids is 2. The molecule has 0 radical (unpaired) electrons. The van der Waals surface area contributed by atoms with Crippen molar-refractivity contribution >= 4 is 11.8 Å². The van der Waals surface area contributed by atoms with Crippen molar-refractivity contribution in [3.63, 3.8) is 0 Å². The van der Waals surface area contributed by atoms with Gasteiger partial charge in [0.2, 0.25) is 5.91 Å². The Morgan fingerprint density at radius 1 is 0.840 bits per heavy atom. The van der Waals surface area contributed by atoms with E-state index in [0.29, 0.717) is 25.2 Å². The van der Waals surface area contributed by atoms with Crippen molar-refractivity contribution < 1.29 is 9.59 Å². The van der Waals surface area contributed by atoms with Gasteiger partial charge in [0.15, 0.2) is 0 Å². The van der Waals surface area contributed by atoms with Crippen LogP contribution in [-0.2, 0) is 11.3 Å². The second-order valence-electron chi connectivity index (χ2n) is 6.91. The molecule has 0 bridgehead atoms. The number of amides is 2. The van der Waals surface area contributed by atoms with Crippen LogP contribution in [0.4, 0.5) is 0 Å². The van der Waals surface area contributed by atoms with Crippen molar-refractivity contribution in [3.05, 3.63) is 35.4 Å². The number of hydrogen-bond acceptors (Lipinski definition) is 4. The van der Waals surface area contributed by atoms with Gasteiger partial charge in [-0.3, -0.25) is 14.5 Å². The Morgan fingerprint density at radius 3 is 2.20 bits per heavy atom. The number of benzene rings is 1. The minimum absolute atomic E-state index is 0.0660. The third kappa shape index (κ3) is 4.58. The van der Waals surface area contributed by atoms with Crippen molar-refractivity contribution in [2.24, 2.45) is 5.73 Å². The van der Waals surface area contributed by atoms with Gasteiger partial charge in [0.25, 0.3) is 5.91 Å². The minimum Gasteiger partial charge on any atom is -0.342 e. The Kier molecular flexibility index (Phi) is 6.04. The van der Waals surface area contributed by atoms with Crippen molar-refractivity contribution in [3.8, 4) is 0 Å². The van der Waals surface area contributed by atoms with E-state index in [0.717, 1.165) is 57.5 Å². The van der Waals surface area contributed by atoms with Gasteiger partial charge in [-0.1, -0.05) is 12.1 Å². The number of hydrogen-bond donors (Lipinski definition) is 1. The van der Waals surface area contributed by atoms with Crippen LogP contribution in [0, 0.1) is 0 Å². The van der Waals surface area contributed by atoms with Gasteiger partial charge >= 0.3 is 0 Å². The molecule has 0 spiro atoms. The zero-order valence-corrected chi connectivity index (χ0v) is 14.8. The fourth-order valence-corrected chi connectivity index (χ4v) is 3.56. The molecule has 6 heteroatoms. The monoisotopic (exact) mass is 344 g/mol. The fraction of sp³-hybridized carbons (Fsp3) is 0.579. The smallest absolute Gasteiger partial charge is 0.253 e. The molecular formula is C19H28N4O2. The molecule has 2 amide bonds. The van der Waals surface area contributed by atoms with Gasteiger partial charge in [-0.25, -0.2) is 0 Å². The van der Waals surface area contributed by atoms with Crippen LogP contribution in [0.25, 0.3) is 0 Å². The maximum atomic E-state index is 12.7. The van der Waals surface area contributed by atoms with E-state index >= 15 is 0 Å². The SMILES string of the molecule is NCc1ccc(C(=O)N2CCCN(CC(=O)N3CCCC3)CC2)cc1. The Bertz CT molecular complexity index is 596. The van der Waals surface area contributed by atoms with E-state index < -0.39 is 0 Å². The van der Waals surface area contributed by atoms with Crippen LogP contribution in [0.5, 0.6) is 0 Å². The quantitative estimate of drug-likeness (QED) is 0.882. The van der Waals surface area contributed by atoms with Crippen LogP contribution < -0.4 is 5.73 Å². The largest absolute Gasteiger partial charge is 0.342 e. The lowest BCUT2D eigenvalue weighted by atomic mass is 10.1. The van der Waals surface area contributed by atoms with Crippen LogP contribution in [0.2, 0.25) is 0 Å². The molecule has 2 saturated heterocycles. The Labute approximate surface area is 149 Å². The zero-order valence-electron chi connectivity index (χ0n) is 14.8.